The van der Waals surface area contributed by atoms with Crippen molar-refractivity contribution in [3.05, 3.63) is 75.6 Å². The fourth-order valence-corrected chi connectivity index (χ4v) is 2.62. The Balaban J connectivity index is 1.73. The SMILES string of the molecule is O=C(Nc1cc(OCC(F)F)cc([N+](=O)[O-])c1)c1ccnn1COc1ccc(Cl)cc1. The van der Waals surface area contributed by atoms with Gasteiger partial charge in [-0.1, -0.05) is 11.6 Å². The van der Waals surface area contributed by atoms with Gasteiger partial charge in [0.1, 0.15) is 23.8 Å². The minimum absolute atomic E-state index is 0.00478. The number of amides is 1. The van der Waals surface area contributed by atoms with Gasteiger partial charge in [-0.15, -0.1) is 0 Å². The average Bonchev–Trinajstić information content (AvgIpc) is 3.20. The zero-order chi connectivity index (χ0) is 22.4. The highest BCUT2D eigenvalue weighted by atomic mass is 35.5. The van der Waals surface area contributed by atoms with Crippen molar-refractivity contribution in [1.82, 2.24) is 9.78 Å². The first kappa shape index (κ1) is 22.0. The summed E-state index contributed by atoms with van der Waals surface area (Å²) in [6, 6.07) is 11.3. The summed E-state index contributed by atoms with van der Waals surface area (Å²) >= 11 is 5.82. The molecule has 0 unspecified atom stereocenters. The van der Waals surface area contributed by atoms with E-state index in [0.29, 0.717) is 10.8 Å². The van der Waals surface area contributed by atoms with Crippen LogP contribution in [0.1, 0.15) is 10.5 Å². The summed E-state index contributed by atoms with van der Waals surface area (Å²) in [5.74, 6) is -0.312. The molecule has 0 radical (unpaired) electrons. The van der Waals surface area contributed by atoms with Gasteiger partial charge in [-0.25, -0.2) is 13.5 Å². The van der Waals surface area contributed by atoms with E-state index in [1.54, 1.807) is 24.3 Å². The van der Waals surface area contributed by atoms with Crippen LogP contribution in [0.15, 0.2) is 54.7 Å². The molecule has 2 aromatic carbocycles. The van der Waals surface area contributed by atoms with Crippen molar-refractivity contribution in [2.45, 2.75) is 13.2 Å². The number of nitrogens with one attached hydrogen (secondary N) is 1. The molecule has 9 nitrogen and oxygen atoms in total. The molecule has 1 amide bonds. The van der Waals surface area contributed by atoms with E-state index in [1.807, 2.05) is 0 Å². The summed E-state index contributed by atoms with van der Waals surface area (Å²) in [6.07, 6.45) is -1.38. The number of aromatic nitrogens is 2. The summed E-state index contributed by atoms with van der Waals surface area (Å²) in [4.78, 5) is 23.0. The molecular formula is C19H15ClF2N4O5. The molecule has 12 heteroatoms. The van der Waals surface area contributed by atoms with Gasteiger partial charge in [0.05, 0.1) is 16.7 Å². The molecule has 0 spiro atoms. The topological polar surface area (TPSA) is 109 Å². The van der Waals surface area contributed by atoms with Crippen LogP contribution in [0.5, 0.6) is 11.5 Å². The quantitative estimate of drug-likeness (QED) is 0.381. The van der Waals surface area contributed by atoms with Gasteiger partial charge in [0.15, 0.2) is 6.73 Å². The summed E-state index contributed by atoms with van der Waals surface area (Å²) in [6.45, 7) is -1.03. The smallest absolute Gasteiger partial charge is 0.275 e. The maximum Gasteiger partial charge on any atom is 0.275 e. The minimum atomic E-state index is -2.76. The van der Waals surface area contributed by atoms with Gasteiger partial charge >= 0.3 is 0 Å². The lowest BCUT2D eigenvalue weighted by molar-refractivity contribution is -0.384. The number of carbonyl (C=O) groups is 1. The second-order valence-electron chi connectivity index (χ2n) is 6.07. The summed E-state index contributed by atoms with van der Waals surface area (Å²) in [5, 5.41) is 18.1. The van der Waals surface area contributed by atoms with E-state index in [2.05, 4.69) is 10.4 Å². The molecule has 0 fully saturated rings. The van der Waals surface area contributed by atoms with Crippen LogP contribution >= 0.6 is 11.6 Å². The molecule has 0 saturated carbocycles. The van der Waals surface area contributed by atoms with Gasteiger partial charge in [0.25, 0.3) is 18.0 Å². The maximum atomic E-state index is 12.6. The Morgan fingerprint density at radius 1 is 1.16 bits per heavy atom. The third kappa shape index (κ3) is 6.12. The number of rotatable bonds is 9. The highest BCUT2D eigenvalue weighted by molar-refractivity contribution is 6.30. The van der Waals surface area contributed by atoms with Gasteiger partial charge in [-0.3, -0.25) is 14.9 Å². The van der Waals surface area contributed by atoms with E-state index in [9.17, 15) is 23.7 Å². The third-order valence-electron chi connectivity index (χ3n) is 3.85. The standard InChI is InChI=1S/C19H15ClF2N4O5/c20-12-1-3-15(4-2-12)31-11-25-17(5-6-23-25)19(27)24-13-7-14(26(28)29)9-16(8-13)30-10-18(21)22/h1-9,18H,10-11H2,(H,24,27). The van der Waals surface area contributed by atoms with Crippen molar-refractivity contribution in [3.8, 4) is 11.5 Å². The van der Waals surface area contributed by atoms with Gasteiger partial charge in [-0.2, -0.15) is 5.10 Å². The van der Waals surface area contributed by atoms with E-state index in [-0.39, 0.29) is 23.9 Å². The molecule has 0 saturated heterocycles. The number of nitro groups is 1. The van der Waals surface area contributed by atoms with Crippen LogP contribution in [-0.4, -0.2) is 33.6 Å². The molecule has 0 bridgehead atoms. The van der Waals surface area contributed by atoms with Gasteiger partial charge in [0.2, 0.25) is 0 Å². The first-order valence-corrected chi connectivity index (χ1v) is 9.11. The van der Waals surface area contributed by atoms with Crippen LogP contribution < -0.4 is 14.8 Å². The molecular weight excluding hydrogens is 438 g/mol. The molecule has 3 aromatic rings. The van der Waals surface area contributed by atoms with Crippen molar-refractivity contribution >= 4 is 28.9 Å². The summed E-state index contributed by atoms with van der Waals surface area (Å²) in [5.41, 5.74) is -0.327. The molecule has 0 atom stereocenters. The predicted octanol–water partition coefficient (Wildman–Crippen LogP) is 4.38. The summed E-state index contributed by atoms with van der Waals surface area (Å²) < 4.78 is 36.4. The zero-order valence-corrected chi connectivity index (χ0v) is 16.5. The highest BCUT2D eigenvalue weighted by Gasteiger charge is 2.17. The van der Waals surface area contributed by atoms with Gasteiger partial charge in [0, 0.05) is 23.4 Å². The monoisotopic (exact) mass is 452 g/mol. The molecule has 162 valence electrons. The van der Waals surface area contributed by atoms with E-state index in [1.165, 1.54) is 23.0 Å². The van der Waals surface area contributed by atoms with Crippen molar-refractivity contribution in [2.24, 2.45) is 0 Å². The Kier molecular flexibility index (Phi) is 6.98. The van der Waals surface area contributed by atoms with E-state index in [4.69, 9.17) is 21.1 Å². The van der Waals surface area contributed by atoms with Crippen molar-refractivity contribution in [1.29, 1.82) is 0 Å². The van der Waals surface area contributed by atoms with Crippen LogP contribution in [-0.2, 0) is 6.73 Å². The van der Waals surface area contributed by atoms with Crippen molar-refractivity contribution < 1.29 is 28.0 Å². The Labute approximate surface area is 179 Å². The molecule has 31 heavy (non-hydrogen) atoms. The largest absolute Gasteiger partial charge is 0.487 e. The number of alkyl halides is 2. The minimum Gasteiger partial charge on any atom is -0.487 e. The highest BCUT2D eigenvalue weighted by Crippen LogP contribution is 2.27. The van der Waals surface area contributed by atoms with E-state index >= 15 is 0 Å². The molecule has 1 heterocycles. The van der Waals surface area contributed by atoms with Gasteiger partial charge < -0.3 is 14.8 Å². The normalized spacial score (nSPS) is 10.7. The predicted molar refractivity (Wildman–Crippen MR) is 107 cm³/mol. The van der Waals surface area contributed by atoms with Gasteiger partial charge in [-0.05, 0) is 30.3 Å². The Morgan fingerprint density at radius 2 is 1.90 bits per heavy atom. The third-order valence-corrected chi connectivity index (χ3v) is 4.10. The lowest BCUT2D eigenvalue weighted by Gasteiger charge is -2.11. The molecule has 0 aliphatic heterocycles. The number of non-ortho nitro benzene ring substituents is 1. The molecule has 3 rings (SSSR count). The fourth-order valence-electron chi connectivity index (χ4n) is 2.49. The fraction of sp³-hybridized carbons (Fsp3) is 0.158. The van der Waals surface area contributed by atoms with Crippen LogP contribution in [0.2, 0.25) is 5.02 Å². The van der Waals surface area contributed by atoms with E-state index < -0.39 is 29.6 Å². The number of hydrogen-bond donors (Lipinski definition) is 1. The van der Waals surface area contributed by atoms with Crippen LogP contribution in [0, 0.1) is 10.1 Å². The Hall–Kier alpha value is -3.73. The van der Waals surface area contributed by atoms with Crippen LogP contribution in [0.25, 0.3) is 0 Å². The number of nitrogens with zero attached hydrogens (tertiary/aromatic N) is 3. The molecule has 1 aromatic heterocycles. The van der Waals surface area contributed by atoms with Crippen LogP contribution in [0.4, 0.5) is 20.2 Å². The number of halogens is 3. The number of hydrogen-bond acceptors (Lipinski definition) is 6. The summed E-state index contributed by atoms with van der Waals surface area (Å²) in [7, 11) is 0. The second-order valence-corrected chi connectivity index (χ2v) is 6.51. The Bertz CT molecular complexity index is 1080. The zero-order valence-electron chi connectivity index (χ0n) is 15.7. The molecule has 0 aliphatic rings. The number of benzene rings is 2. The molecule has 0 aliphatic carbocycles. The lowest BCUT2D eigenvalue weighted by atomic mass is 10.2. The average molecular weight is 453 g/mol. The van der Waals surface area contributed by atoms with Crippen molar-refractivity contribution in [2.75, 3.05) is 11.9 Å². The van der Waals surface area contributed by atoms with Crippen molar-refractivity contribution in [3.63, 3.8) is 0 Å². The number of carbonyl (C=O) groups excluding carboxylic acids is 1. The Morgan fingerprint density at radius 3 is 2.58 bits per heavy atom. The van der Waals surface area contributed by atoms with Crippen LogP contribution in [0.3, 0.4) is 0 Å². The van der Waals surface area contributed by atoms with E-state index in [0.717, 1.165) is 12.1 Å². The second kappa shape index (κ2) is 9.85. The number of ether oxygens (including phenoxy) is 2. The lowest BCUT2D eigenvalue weighted by Crippen LogP contribution is -2.20. The first-order chi connectivity index (χ1) is 14.8. The number of nitro benzene ring substituents is 1. The maximum absolute atomic E-state index is 12.6. The number of anilines is 1. The molecule has 1 N–H and O–H groups in total. The first-order valence-electron chi connectivity index (χ1n) is 8.74.